The Bertz CT molecular complexity index is 154. The molecule has 2 nitrogen and oxygen atoms in total. The fraction of sp³-hybridized carbons (Fsp3) is 1.00. The van der Waals surface area contributed by atoms with Crippen molar-refractivity contribution >= 4 is 0 Å². The molecule has 0 saturated carbocycles. The van der Waals surface area contributed by atoms with Crippen molar-refractivity contribution in [3.63, 3.8) is 0 Å². The van der Waals surface area contributed by atoms with Gasteiger partial charge < -0.3 is 9.47 Å². The van der Waals surface area contributed by atoms with Gasteiger partial charge in [0, 0.05) is 12.5 Å². The molecule has 0 amide bonds. The van der Waals surface area contributed by atoms with Crippen LogP contribution in [-0.4, -0.2) is 24.9 Å². The molecule has 2 atom stereocenters. The normalized spacial score (nSPS) is 38.5. The Morgan fingerprint density at radius 1 is 1.33 bits per heavy atom. The summed E-state index contributed by atoms with van der Waals surface area (Å²) in [6, 6.07) is 0. The van der Waals surface area contributed by atoms with Crippen LogP contribution in [0.3, 0.4) is 0 Å². The maximum atomic E-state index is 5.71. The molecule has 2 heteroatoms. The van der Waals surface area contributed by atoms with Crippen LogP contribution in [0.25, 0.3) is 0 Å². The molecule has 2 aliphatic heterocycles. The van der Waals surface area contributed by atoms with Crippen molar-refractivity contribution in [1.82, 2.24) is 0 Å². The van der Waals surface area contributed by atoms with Gasteiger partial charge in [0.15, 0.2) is 0 Å². The van der Waals surface area contributed by atoms with Gasteiger partial charge in [-0.25, -0.2) is 0 Å². The second-order valence-corrected chi connectivity index (χ2v) is 3.89. The average Bonchev–Trinajstić information content (AvgIpc) is 1.98. The number of ether oxygens (including phenoxy) is 2. The van der Waals surface area contributed by atoms with Crippen molar-refractivity contribution < 1.29 is 9.47 Å². The zero-order valence-electron chi connectivity index (χ0n) is 8.01. The topological polar surface area (TPSA) is 18.5 Å². The Balaban J connectivity index is 1.97. The SMILES string of the molecule is CCC1(CC)OCC1C1CCO1. The predicted molar refractivity (Wildman–Crippen MR) is 47.1 cm³/mol. The molecule has 0 bridgehead atoms. The van der Waals surface area contributed by atoms with Crippen LogP contribution in [0.2, 0.25) is 0 Å². The number of hydrogen-bond donors (Lipinski definition) is 0. The molecule has 2 aliphatic rings. The van der Waals surface area contributed by atoms with E-state index in [4.69, 9.17) is 9.47 Å². The molecule has 0 spiro atoms. The minimum absolute atomic E-state index is 0.172. The zero-order chi connectivity index (χ0) is 8.60. The Morgan fingerprint density at radius 2 is 2.00 bits per heavy atom. The average molecular weight is 170 g/mol. The molecular formula is C10H18O2. The van der Waals surface area contributed by atoms with E-state index in [1.54, 1.807) is 0 Å². The fourth-order valence-corrected chi connectivity index (χ4v) is 2.41. The first kappa shape index (κ1) is 8.52. The van der Waals surface area contributed by atoms with Gasteiger partial charge in [0.1, 0.15) is 0 Å². The van der Waals surface area contributed by atoms with Gasteiger partial charge in [-0.1, -0.05) is 13.8 Å². The second kappa shape index (κ2) is 3.00. The standard InChI is InChI=1S/C10H18O2/c1-3-10(4-2)8(7-12-10)9-5-6-11-9/h8-9H,3-7H2,1-2H3. The van der Waals surface area contributed by atoms with Crippen molar-refractivity contribution in [3.8, 4) is 0 Å². The summed E-state index contributed by atoms with van der Waals surface area (Å²) in [5.74, 6) is 0.682. The zero-order valence-corrected chi connectivity index (χ0v) is 8.01. The minimum Gasteiger partial charge on any atom is -0.378 e. The molecule has 0 radical (unpaired) electrons. The quantitative estimate of drug-likeness (QED) is 0.644. The lowest BCUT2D eigenvalue weighted by molar-refractivity contribution is -0.266. The molecule has 12 heavy (non-hydrogen) atoms. The maximum absolute atomic E-state index is 5.71. The Kier molecular flexibility index (Phi) is 2.13. The van der Waals surface area contributed by atoms with Gasteiger partial charge in [-0.3, -0.25) is 0 Å². The summed E-state index contributed by atoms with van der Waals surface area (Å²) < 4.78 is 11.2. The lowest BCUT2D eigenvalue weighted by atomic mass is 9.73. The molecule has 2 fully saturated rings. The predicted octanol–water partition coefficient (Wildman–Crippen LogP) is 1.98. The third kappa shape index (κ3) is 1.01. The van der Waals surface area contributed by atoms with E-state index in [-0.39, 0.29) is 5.60 Å². The number of rotatable bonds is 3. The van der Waals surface area contributed by atoms with E-state index in [0.29, 0.717) is 12.0 Å². The molecule has 2 heterocycles. The van der Waals surface area contributed by atoms with Crippen molar-refractivity contribution in [2.24, 2.45) is 5.92 Å². The van der Waals surface area contributed by atoms with Gasteiger partial charge in [-0.05, 0) is 19.3 Å². The minimum atomic E-state index is 0.172. The van der Waals surface area contributed by atoms with E-state index >= 15 is 0 Å². The van der Waals surface area contributed by atoms with Crippen LogP contribution in [0.5, 0.6) is 0 Å². The van der Waals surface area contributed by atoms with Gasteiger partial charge in [0.2, 0.25) is 0 Å². The van der Waals surface area contributed by atoms with Crippen LogP contribution in [0.1, 0.15) is 33.1 Å². The van der Waals surface area contributed by atoms with Crippen molar-refractivity contribution in [3.05, 3.63) is 0 Å². The van der Waals surface area contributed by atoms with Crippen LogP contribution in [-0.2, 0) is 9.47 Å². The summed E-state index contributed by atoms with van der Waals surface area (Å²) in [6.07, 6.45) is 4.02. The number of hydrogen-bond acceptors (Lipinski definition) is 2. The Hall–Kier alpha value is -0.0800. The van der Waals surface area contributed by atoms with E-state index in [0.717, 1.165) is 26.1 Å². The van der Waals surface area contributed by atoms with Crippen molar-refractivity contribution in [2.75, 3.05) is 13.2 Å². The monoisotopic (exact) mass is 170 g/mol. The lowest BCUT2D eigenvalue weighted by Gasteiger charge is -2.54. The van der Waals surface area contributed by atoms with Crippen LogP contribution < -0.4 is 0 Å². The van der Waals surface area contributed by atoms with E-state index in [9.17, 15) is 0 Å². The molecular weight excluding hydrogens is 152 g/mol. The van der Waals surface area contributed by atoms with Gasteiger partial charge >= 0.3 is 0 Å². The van der Waals surface area contributed by atoms with Crippen molar-refractivity contribution in [1.29, 1.82) is 0 Å². The first-order valence-corrected chi connectivity index (χ1v) is 5.08. The third-order valence-corrected chi connectivity index (χ3v) is 3.61. The molecule has 0 N–H and O–H groups in total. The van der Waals surface area contributed by atoms with E-state index in [2.05, 4.69) is 13.8 Å². The molecule has 0 aromatic heterocycles. The van der Waals surface area contributed by atoms with Gasteiger partial charge in [0.05, 0.1) is 18.3 Å². The van der Waals surface area contributed by atoms with Crippen LogP contribution >= 0.6 is 0 Å². The van der Waals surface area contributed by atoms with E-state index in [1.807, 2.05) is 0 Å². The third-order valence-electron chi connectivity index (χ3n) is 3.61. The van der Waals surface area contributed by atoms with Gasteiger partial charge in [0.25, 0.3) is 0 Å². The fourth-order valence-electron chi connectivity index (χ4n) is 2.41. The van der Waals surface area contributed by atoms with Crippen LogP contribution in [0, 0.1) is 5.92 Å². The lowest BCUT2D eigenvalue weighted by Crippen LogP contribution is -2.60. The molecule has 2 rings (SSSR count). The molecule has 0 aromatic rings. The molecule has 0 aliphatic carbocycles. The highest BCUT2D eigenvalue weighted by Gasteiger charge is 2.51. The summed E-state index contributed by atoms with van der Waals surface area (Å²) in [4.78, 5) is 0. The Labute approximate surface area is 74.2 Å². The van der Waals surface area contributed by atoms with Crippen LogP contribution in [0.4, 0.5) is 0 Å². The highest BCUT2D eigenvalue weighted by Crippen LogP contribution is 2.44. The summed E-state index contributed by atoms with van der Waals surface area (Å²) in [5, 5.41) is 0. The summed E-state index contributed by atoms with van der Waals surface area (Å²) in [7, 11) is 0. The smallest absolute Gasteiger partial charge is 0.0752 e. The van der Waals surface area contributed by atoms with E-state index in [1.165, 1.54) is 6.42 Å². The molecule has 2 unspecified atom stereocenters. The first-order valence-electron chi connectivity index (χ1n) is 5.08. The van der Waals surface area contributed by atoms with E-state index < -0.39 is 0 Å². The van der Waals surface area contributed by atoms with Gasteiger partial charge in [-0.2, -0.15) is 0 Å². The Morgan fingerprint density at radius 3 is 2.25 bits per heavy atom. The summed E-state index contributed by atoms with van der Waals surface area (Å²) >= 11 is 0. The highest BCUT2D eigenvalue weighted by molar-refractivity contribution is 4.99. The molecule has 0 aromatic carbocycles. The first-order chi connectivity index (χ1) is 5.82. The maximum Gasteiger partial charge on any atom is 0.0752 e. The van der Waals surface area contributed by atoms with Crippen molar-refractivity contribution in [2.45, 2.75) is 44.8 Å². The van der Waals surface area contributed by atoms with Gasteiger partial charge in [-0.15, -0.1) is 0 Å². The molecule has 70 valence electrons. The molecule has 2 saturated heterocycles. The largest absolute Gasteiger partial charge is 0.378 e. The van der Waals surface area contributed by atoms with Crippen LogP contribution in [0.15, 0.2) is 0 Å². The highest BCUT2D eigenvalue weighted by atomic mass is 16.5. The summed E-state index contributed by atoms with van der Waals surface area (Å²) in [6.45, 7) is 6.32. The second-order valence-electron chi connectivity index (χ2n) is 3.89. The summed E-state index contributed by atoms with van der Waals surface area (Å²) in [5.41, 5.74) is 0.172.